The van der Waals surface area contributed by atoms with Crippen LogP contribution in [-0.2, 0) is 6.42 Å². The number of hydrogen-bond donors (Lipinski definition) is 3. The van der Waals surface area contributed by atoms with Gasteiger partial charge in [0.15, 0.2) is 0 Å². The Kier molecular flexibility index (Phi) is 3.77. The Labute approximate surface area is 101 Å². The largest absolute Gasteiger partial charge is 0.508 e. The minimum absolute atomic E-state index is 0.227. The summed E-state index contributed by atoms with van der Waals surface area (Å²) in [4.78, 5) is 7.04. The smallest absolute Gasteiger partial charge is 0.115 e. The van der Waals surface area contributed by atoms with E-state index in [0.29, 0.717) is 5.75 Å². The lowest BCUT2D eigenvalue weighted by Gasteiger charge is -2.14. The van der Waals surface area contributed by atoms with Crippen LogP contribution >= 0.6 is 0 Å². The Morgan fingerprint density at radius 3 is 3.06 bits per heavy atom. The molecule has 0 aliphatic heterocycles. The molecule has 4 heteroatoms. The lowest BCUT2D eigenvalue weighted by atomic mass is 10.1. The number of nitrogens with zero attached hydrogens (tertiary/aromatic N) is 1. The molecule has 0 aliphatic carbocycles. The van der Waals surface area contributed by atoms with Crippen LogP contribution in [0.15, 0.2) is 36.8 Å². The molecule has 1 atom stereocenters. The molecule has 3 N–H and O–H groups in total. The first-order valence-corrected chi connectivity index (χ1v) is 5.75. The summed E-state index contributed by atoms with van der Waals surface area (Å²) in [5.41, 5.74) is 2.22. The Hall–Kier alpha value is -1.81. The van der Waals surface area contributed by atoms with Gasteiger partial charge < -0.3 is 15.4 Å². The molecule has 0 radical (unpaired) electrons. The van der Waals surface area contributed by atoms with E-state index >= 15 is 0 Å². The maximum atomic E-state index is 9.40. The van der Waals surface area contributed by atoms with Gasteiger partial charge in [-0.1, -0.05) is 12.1 Å². The maximum absolute atomic E-state index is 9.40. The van der Waals surface area contributed by atoms with Crippen molar-refractivity contribution in [1.29, 1.82) is 0 Å². The number of rotatable bonds is 5. The molecule has 1 aromatic carbocycles. The second kappa shape index (κ2) is 5.50. The predicted octanol–water partition coefficient (Wildman–Crippen LogP) is 2.01. The normalized spacial score (nSPS) is 12.5. The van der Waals surface area contributed by atoms with Crippen LogP contribution in [0, 0.1) is 0 Å². The van der Waals surface area contributed by atoms with Crippen LogP contribution in [0.5, 0.6) is 5.75 Å². The third-order valence-electron chi connectivity index (χ3n) is 2.77. The minimum atomic E-state index is 0.227. The molecule has 2 aromatic rings. The first kappa shape index (κ1) is 11.7. The third kappa shape index (κ3) is 3.32. The second-order valence-electron chi connectivity index (χ2n) is 4.10. The number of hydrogen-bond acceptors (Lipinski definition) is 3. The maximum Gasteiger partial charge on any atom is 0.115 e. The summed E-state index contributed by atoms with van der Waals surface area (Å²) < 4.78 is 0. The first-order chi connectivity index (χ1) is 8.25. The number of nitrogens with one attached hydrogen (secondary N) is 2. The van der Waals surface area contributed by atoms with E-state index in [1.54, 1.807) is 18.5 Å². The predicted molar refractivity (Wildman–Crippen MR) is 66.8 cm³/mol. The summed E-state index contributed by atoms with van der Waals surface area (Å²) in [6, 6.07) is 7.56. The van der Waals surface area contributed by atoms with Gasteiger partial charge in [0.05, 0.1) is 6.33 Å². The third-order valence-corrected chi connectivity index (χ3v) is 2.77. The fraction of sp³-hybridized carbons (Fsp3) is 0.308. The number of H-pyrrole nitrogens is 1. The zero-order valence-corrected chi connectivity index (χ0v) is 9.85. The summed E-state index contributed by atoms with van der Waals surface area (Å²) in [6.45, 7) is 2.96. The van der Waals surface area contributed by atoms with Gasteiger partial charge in [0.1, 0.15) is 5.75 Å². The highest BCUT2D eigenvalue weighted by Crippen LogP contribution is 2.17. The van der Waals surface area contributed by atoms with Crippen molar-refractivity contribution in [3.05, 3.63) is 48.0 Å². The Morgan fingerprint density at radius 2 is 2.35 bits per heavy atom. The molecule has 2 rings (SSSR count). The molecule has 4 nitrogen and oxygen atoms in total. The summed E-state index contributed by atoms with van der Waals surface area (Å²) in [5.74, 6) is 0.310. The number of aromatic hydroxyl groups is 1. The fourth-order valence-corrected chi connectivity index (χ4v) is 1.76. The average Bonchev–Trinajstić information content (AvgIpc) is 2.82. The molecule has 90 valence electrons. The number of imidazole rings is 1. The van der Waals surface area contributed by atoms with E-state index in [0.717, 1.165) is 24.2 Å². The molecule has 0 bridgehead atoms. The lowest BCUT2D eigenvalue weighted by molar-refractivity contribution is 0.472. The molecule has 0 saturated carbocycles. The van der Waals surface area contributed by atoms with Gasteiger partial charge in [-0.25, -0.2) is 4.98 Å². The van der Waals surface area contributed by atoms with E-state index < -0.39 is 0 Å². The van der Waals surface area contributed by atoms with Gasteiger partial charge in [-0.15, -0.1) is 0 Å². The summed E-state index contributed by atoms with van der Waals surface area (Å²) in [5, 5.41) is 12.8. The van der Waals surface area contributed by atoms with Gasteiger partial charge in [-0.3, -0.25) is 0 Å². The monoisotopic (exact) mass is 231 g/mol. The van der Waals surface area contributed by atoms with Crippen LogP contribution in [0.25, 0.3) is 0 Å². The highest BCUT2D eigenvalue weighted by Gasteiger charge is 2.05. The Morgan fingerprint density at radius 1 is 1.47 bits per heavy atom. The van der Waals surface area contributed by atoms with Gasteiger partial charge in [-0.2, -0.15) is 0 Å². The number of aromatic amines is 1. The fourth-order valence-electron chi connectivity index (χ4n) is 1.76. The molecule has 1 aromatic heterocycles. The molecular weight excluding hydrogens is 214 g/mol. The molecule has 0 spiro atoms. The van der Waals surface area contributed by atoms with Crippen molar-refractivity contribution >= 4 is 0 Å². The summed E-state index contributed by atoms with van der Waals surface area (Å²) in [7, 11) is 0. The van der Waals surface area contributed by atoms with Crippen LogP contribution in [-0.4, -0.2) is 21.6 Å². The van der Waals surface area contributed by atoms with Gasteiger partial charge >= 0.3 is 0 Å². The van der Waals surface area contributed by atoms with Crippen molar-refractivity contribution in [2.45, 2.75) is 19.4 Å². The van der Waals surface area contributed by atoms with Crippen molar-refractivity contribution in [3.8, 4) is 5.75 Å². The summed E-state index contributed by atoms with van der Waals surface area (Å²) >= 11 is 0. The van der Waals surface area contributed by atoms with E-state index in [4.69, 9.17) is 0 Å². The molecule has 1 heterocycles. The van der Waals surface area contributed by atoms with Crippen molar-refractivity contribution in [1.82, 2.24) is 15.3 Å². The van der Waals surface area contributed by atoms with Gasteiger partial charge in [0, 0.05) is 30.9 Å². The quantitative estimate of drug-likeness (QED) is 0.737. The first-order valence-electron chi connectivity index (χ1n) is 5.75. The standard InChI is InChI=1S/C13H17N3O/c1-10(11-3-2-4-13(17)7-11)15-6-5-12-8-14-9-16-12/h2-4,7-10,15,17H,5-6H2,1H3,(H,14,16). The molecule has 0 amide bonds. The Balaban J connectivity index is 1.83. The van der Waals surface area contributed by atoms with Crippen molar-refractivity contribution in [2.24, 2.45) is 0 Å². The summed E-state index contributed by atoms with van der Waals surface area (Å²) in [6.07, 6.45) is 4.44. The zero-order valence-electron chi connectivity index (χ0n) is 9.85. The topological polar surface area (TPSA) is 60.9 Å². The highest BCUT2D eigenvalue weighted by atomic mass is 16.3. The van der Waals surface area contributed by atoms with E-state index in [1.807, 2.05) is 18.3 Å². The van der Waals surface area contributed by atoms with E-state index in [9.17, 15) is 5.11 Å². The number of phenolic OH excluding ortho intramolecular Hbond substituents is 1. The molecule has 17 heavy (non-hydrogen) atoms. The van der Waals surface area contributed by atoms with Crippen LogP contribution in [0.3, 0.4) is 0 Å². The minimum Gasteiger partial charge on any atom is -0.508 e. The Bertz CT molecular complexity index is 453. The van der Waals surface area contributed by atoms with Crippen molar-refractivity contribution < 1.29 is 5.11 Å². The molecule has 0 fully saturated rings. The second-order valence-corrected chi connectivity index (χ2v) is 4.10. The van der Waals surface area contributed by atoms with Crippen LogP contribution in [0.1, 0.15) is 24.2 Å². The van der Waals surface area contributed by atoms with Crippen molar-refractivity contribution in [2.75, 3.05) is 6.54 Å². The van der Waals surface area contributed by atoms with E-state index in [2.05, 4.69) is 22.2 Å². The molecular formula is C13H17N3O. The number of benzene rings is 1. The van der Waals surface area contributed by atoms with E-state index in [1.165, 1.54) is 0 Å². The molecule has 0 saturated heterocycles. The molecule has 1 unspecified atom stereocenters. The van der Waals surface area contributed by atoms with Gasteiger partial charge in [0.2, 0.25) is 0 Å². The lowest BCUT2D eigenvalue weighted by Crippen LogP contribution is -2.21. The highest BCUT2D eigenvalue weighted by molar-refractivity contribution is 5.29. The number of phenols is 1. The zero-order chi connectivity index (χ0) is 12.1. The van der Waals surface area contributed by atoms with Crippen LogP contribution in [0.4, 0.5) is 0 Å². The van der Waals surface area contributed by atoms with Gasteiger partial charge in [0.25, 0.3) is 0 Å². The SMILES string of the molecule is CC(NCCc1cnc[nH]1)c1cccc(O)c1. The number of aromatic nitrogens is 2. The molecule has 0 aliphatic rings. The van der Waals surface area contributed by atoms with Crippen molar-refractivity contribution in [3.63, 3.8) is 0 Å². The van der Waals surface area contributed by atoms with E-state index in [-0.39, 0.29) is 6.04 Å². The van der Waals surface area contributed by atoms with Crippen LogP contribution < -0.4 is 5.32 Å². The van der Waals surface area contributed by atoms with Crippen LogP contribution in [0.2, 0.25) is 0 Å². The average molecular weight is 231 g/mol. The van der Waals surface area contributed by atoms with Gasteiger partial charge in [-0.05, 0) is 24.6 Å².